The number of likely N-dealkylation sites (tertiary alicyclic amines) is 1. The standard InChI is InChI=1S/C7H15N.C2HF3O2/c1-2-8-6-4-3-5-7-8;3-2(4,5)1(6)7/h2-7H2,1H3;(H,6,7). The molecule has 15 heavy (non-hydrogen) atoms. The van der Waals surface area contributed by atoms with Crippen LogP contribution < -0.4 is 10.0 Å². The molecular formula is C9H16F3NO2. The van der Waals surface area contributed by atoms with Gasteiger partial charge in [-0.25, -0.2) is 0 Å². The van der Waals surface area contributed by atoms with Gasteiger partial charge < -0.3 is 14.8 Å². The summed E-state index contributed by atoms with van der Waals surface area (Å²) in [6.45, 7) is 6.47. The number of hydrogen-bond donors (Lipinski definition) is 1. The lowest BCUT2D eigenvalue weighted by atomic mass is 10.1. The van der Waals surface area contributed by atoms with E-state index in [4.69, 9.17) is 9.90 Å². The molecule has 3 nitrogen and oxygen atoms in total. The smallest absolute Gasteiger partial charge is 0.430 e. The van der Waals surface area contributed by atoms with Gasteiger partial charge in [0, 0.05) is 0 Å². The van der Waals surface area contributed by atoms with Crippen molar-refractivity contribution < 1.29 is 28.0 Å². The van der Waals surface area contributed by atoms with Crippen molar-refractivity contribution in [2.24, 2.45) is 0 Å². The van der Waals surface area contributed by atoms with Crippen LogP contribution in [0.4, 0.5) is 13.2 Å². The molecule has 0 aromatic carbocycles. The zero-order chi connectivity index (χ0) is 11.9. The van der Waals surface area contributed by atoms with Crippen molar-refractivity contribution in [1.82, 2.24) is 0 Å². The van der Waals surface area contributed by atoms with E-state index in [1.807, 2.05) is 0 Å². The second-order valence-electron chi connectivity index (χ2n) is 3.45. The number of carboxylic acids is 1. The Labute approximate surface area is 86.9 Å². The number of aliphatic carboxylic acids is 1. The lowest BCUT2D eigenvalue weighted by molar-refractivity contribution is -0.903. The number of quaternary nitrogens is 1. The largest absolute Gasteiger partial charge is 0.542 e. The molecule has 1 saturated heterocycles. The van der Waals surface area contributed by atoms with Crippen LogP contribution in [0.15, 0.2) is 0 Å². The van der Waals surface area contributed by atoms with Gasteiger partial charge in [0.15, 0.2) is 0 Å². The first kappa shape index (κ1) is 14.2. The number of alkyl halides is 3. The van der Waals surface area contributed by atoms with Gasteiger partial charge in [0.2, 0.25) is 0 Å². The fourth-order valence-corrected chi connectivity index (χ4v) is 1.41. The Balaban J connectivity index is 0.000000265. The third-order valence-corrected chi connectivity index (χ3v) is 2.29. The van der Waals surface area contributed by atoms with Gasteiger partial charge in [-0.05, 0) is 26.2 Å². The van der Waals surface area contributed by atoms with E-state index in [0.29, 0.717) is 0 Å². The highest BCUT2D eigenvalue weighted by molar-refractivity contribution is 5.70. The average Bonchev–Trinajstić information content (AvgIpc) is 2.18. The summed E-state index contributed by atoms with van der Waals surface area (Å²) in [4.78, 5) is 10.6. The molecule has 1 fully saturated rings. The van der Waals surface area contributed by atoms with E-state index in [9.17, 15) is 13.2 Å². The minimum atomic E-state index is -5.19. The zero-order valence-electron chi connectivity index (χ0n) is 8.69. The molecule has 0 aromatic rings. The third kappa shape index (κ3) is 7.18. The number of hydrogen-bond acceptors (Lipinski definition) is 2. The first-order valence-electron chi connectivity index (χ1n) is 4.99. The quantitative estimate of drug-likeness (QED) is 0.648. The Morgan fingerprint density at radius 1 is 1.27 bits per heavy atom. The molecule has 0 amide bonds. The summed E-state index contributed by atoms with van der Waals surface area (Å²) in [6, 6.07) is 0. The van der Waals surface area contributed by atoms with Crippen molar-refractivity contribution >= 4 is 5.97 Å². The first-order valence-corrected chi connectivity index (χ1v) is 4.99. The molecule has 0 bridgehead atoms. The van der Waals surface area contributed by atoms with Crippen LogP contribution in [0, 0.1) is 0 Å². The summed E-state index contributed by atoms with van der Waals surface area (Å²) < 4.78 is 31.5. The van der Waals surface area contributed by atoms with Crippen LogP contribution in [-0.4, -0.2) is 31.8 Å². The Hall–Kier alpha value is -0.780. The zero-order valence-corrected chi connectivity index (χ0v) is 8.69. The maximum absolute atomic E-state index is 10.5. The average molecular weight is 227 g/mol. The fraction of sp³-hybridized carbons (Fsp3) is 0.889. The molecule has 1 N–H and O–H groups in total. The van der Waals surface area contributed by atoms with Crippen molar-refractivity contribution in [2.45, 2.75) is 32.4 Å². The molecular weight excluding hydrogens is 211 g/mol. The van der Waals surface area contributed by atoms with Gasteiger partial charge in [-0.2, -0.15) is 13.2 Å². The number of nitrogens with one attached hydrogen (secondary N) is 1. The number of carboxylic acid groups (broad SMARTS) is 1. The summed E-state index contributed by atoms with van der Waals surface area (Å²) in [5.74, 6) is -3.01. The molecule has 0 aromatic heterocycles. The van der Waals surface area contributed by atoms with E-state index in [2.05, 4.69) is 6.92 Å². The van der Waals surface area contributed by atoms with Crippen molar-refractivity contribution in [3.05, 3.63) is 0 Å². The Morgan fingerprint density at radius 2 is 1.67 bits per heavy atom. The van der Waals surface area contributed by atoms with Gasteiger partial charge in [-0.3, -0.25) is 0 Å². The summed E-state index contributed by atoms with van der Waals surface area (Å²) in [7, 11) is 0. The van der Waals surface area contributed by atoms with Crippen LogP contribution in [0.25, 0.3) is 0 Å². The van der Waals surface area contributed by atoms with E-state index in [1.165, 1.54) is 38.9 Å². The van der Waals surface area contributed by atoms with Gasteiger partial charge >= 0.3 is 6.18 Å². The van der Waals surface area contributed by atoms with Gasteiger partial charge in [-0.15, -0.1) is 0 Å². The molecule has 0 saturated carbocycles. The second-order valence-corrected chi connectivity index (χ2v) is 3.45. The number of carbonyl (C=O) groups is 1. The van der Waals surface area contributed by atoms with Crippen molar-refractivity contribution in [2.75, 3.05) is 19.6 Å². The van der Waals surface area contributed by atoms with Gasteiger partial charge in [0.05, 0.1) is 19.6 Å². The van der Waals surface area contributed by atoms with Crippen LogP contribution in [-0.2, 0) is 4.79 Å². The van der Waals surface area contributed by atoms with Crippen LogP contribution >= 0.6 is 0 Å². The van der Waals surface area contributed by atoms with Crippen LogP contribution in [0.1, 0.15) is 26.2 Å². The van der Waals surface area contributed by atoms with E-state index in [-0.39, 0.29) is 0 Å². The third-order valence-electron chi connectivity index (χ3n) is 2.29. The first-order chi connectivity index (χ1) is 6.88. The maximum atomic E-state index is 10.5. The molecule has 0 spiro atoms. The summed E-state index contributed by atoms with van der Waals surface area (Å²) in [5.41, 5.74) is 0. The predicted octanol–water partition coefficient (Wildman–Crippen LogP) is -0.626. The maximum Gasteiger partial charge on any atom is 0.430 e. The topological polar surface area (TPSA) is 44.6 Å². The minimum Gasteiger partial charge on any atom is -0.542 e. The summed E-state index contributed by atoms with van der Waals surface area (Å²) in [6.07, 6.45) is -0.796. The van der Waals surface area contributed by atoms with E-state index >= 15 is 0 Å². The minimum absolute atomic E-state index is 1.33. The summed E-state index contributed by atoms with van der Waals surface area (Å²) >= 11 is 0. The Bertz CT molecular complexity index is 188. The van der Waals surface area contributed by atoms with Gasteiger partial charge in [0.25, 0.3) is 0 Å². The molecule has 1 rings (SSSR count). The highest BCUT2D eigenvalue weighted by Crippen LogP contribution is 2.11. The molecule has 1 heterocycles. The number of rotatable bonds is 1. The Morgan fingerprint density at radius 3 is 1.87 bits per heavy atom. The molecule has 1 aliphatic rings. The number of halogens is 3. The number of carbonyl (C=O) groups excluding carboxylic acids is 1. The van der Waals surface area contributed by atoms with Crippen molar-refractivity contribution in [3.8, 4) is 0 Å². The molecule has 0 aliphatic carbocycles. The second kappa shape index (κ2) is 6.66. The van der Waals surface area contributed by atoms with E-state index < -0.39 is 12.1 Å². The van der Waals surface area contributed by atoms with Gasteiger partial charge in [-0.1, -0.05) is 0 Å². The normalized spacial score (nSPS) is 17.9. The molecule has 0 atom stereocenters. The molecule has 0 radical (unpaired) electrons. The highest BCUT2D eigenvalue weighted by Gasteiger charge is 2.28. The fourth-order valence-electron chi connectivity index (χ4n) is 1.41. The summed E-state index contributed by atoms with van der Waals surface area (Å²) in [5, 5.41) is 8.78. The molecule has 6 heteroatoms. The van der Waals surface area contributed by atoms with Gasteiger partial charge in [0.1, 0.15) is 5.97 Å². The Kier molecular flexibility index (Phi) is 6.31. The lowest BCUT2D eigenvalue weighted by Crippen LogP contribution is -3.12. The molecule has 0 unspecified atom stereocenters. The highest BCUT2D eigenvalue weighted by atomic mass is 19.4. The van der Waals surface area contributed by atoms with Crippen LogP contribution in [0.5, 0.6) is 0 Å². The predicted molar refractivity (Wildman–Crippen MR) is 46.2 cm³/mol. The molecule has 1 aliphatic heterocycles. The van der Waals surface area contributed by atoms with E-state index in [0.717, 1.165) is 0 Å². The number of piperidine rings is 1. The van der Waals surface area contributed by atoms with Crippen LogP contribution in [0.3, 0.4) is 0 Å². The molecule has 90 valence electrons. The lowest BCUT2D eigenvalue weighted by Gasteiger charge is -2.21. The monoisotopic (exact) mass is 227 g/mol. The van der Waals surface area contributed by atoms with E-state index in [1.54, 1.807) is 4.90 Å². The van der Waals surface area contributed by atoms with Crippen LogP contribution in [0.2, 0.25) is 0 Å². The SMILES string of the molecule is CC[NH+]1CCCCC1.O=C([O-])C(F)(F)F. The van der Waals surface area contributed by atoms with Crippen molar-refractivity contribution in [3.63, 3.8) is 0 Å². The van der Waals surface area contributed by atoms with Crippen molar-refractivity contribution in [1.29, 1.82) is 0 Å².